The molecular weight excluding hydrogens is 507 g/mol. The number of hydrogen-bond acceptors (Lipinski definition) is 7. The summed E-state index contributed by atoms with van der Waals surface area (Å²) >= 11 is 1.26. The summed E-state index contributed by atoms with van der Waals surface area (Å²) in [5.41, 5.74) is 5.70. The molecule has 5 rings (SSSR count). The standard InChI is InChI=1S/C27H25N4O4PS/c1-17-6-11-23(18(2)14-17)36(33,35-4)30-22-15-24(37-26(22)27(32)34-3)20-9-7-19(8-10-20)21-16-25-28-12-5-13-31(25)29-21/h5-16H,1-4H3,(H,30,33). The Morgan fingerprint density at radius 3 is 2.46 bits per heavy atom. The van der Waals surface area contributed by atoms with Gasteiger partial charge in [0, 0.05) is 36.0 Å². The van der Waals surface area contributed by atoms with Gasteiger partial charge in [0.2, 0.25) is 0 Å². The van der Waals surface area contributed by atoms with Gasteiger partial charge in [-0.15, -0.1) is 11.3 Å². The van der Waals surface area contributed by atoms with Crippen molar-refractivity contribution in [1.82, 2.24) is 14.6 Å². The Bertz CT molecular complexity index is 1630. The average Bonchev–Trinajstić information content (AvgIpc) is 3.52. The van der Waals surface area contributed by atoms with E-state index in [4.69, 9.17) is 9.26 Å². The van der Waals surface area contributed by atoms with Crippen LogP contribution in [0.25, 0.3) is 27.3 Å². The number of benzene rings is 2. The first kappa shape index (κ1) is 24.9. The molecule has 2 aromatic carbocycles. The number of nitrogens with one attached hydrogen (secondary N) is 1. The minimum absolute atomic E-state index is 0.315. The van der Waals surface area contributed by atoms with Gasteiger partial charge in [-0.2, -0.15) is 5.10 Å². The zero-order chi connectivity index (χ0) is 26.2. The van der Waals surface area contributed by atoms with Gasteiger partial charge in [0.25, 0.3) is 0 Å². The maximum atomic E-state index is 13.9. The lowest BCUT2D eigenvalue weighted by molar-refractivity contribution is 0.0607. The van der Waals surface area contributed by atoms with E-state index in [-0.39, 0.29) is 0 Å². The molecule has 3 aromatic heterocycles. The normalized spacial score (nSPS) is 12.9. The van der Waals surface area contributed by atoms with Gasteiger partial charge >= 0.3 is 13.5 Å². The summed E-state index contributed by atoms with van der Waals surface area (Å²) in [5, 5.41) is 8.15. The van der Waals surface area contributed by atoms with E-state index >= 15 is 0 Å². The van der Waals surface area contributed by atoms with Crippen LogP contribution in [-0.2, 0) is 13.8 Å². The molecule has 188 valence electrons. The van der Waals surface area contributed by atoms with Crippen molar-refractivity contribution >= 4 is 41.5 Å². The highest BCUT2D eigenvalue weighted by atomic mass is 32.1. The van der Waals surface area contributed by atoms with Gasteiger partial charge in [-0.1, -0.05) is 42.0 Å². The third-order valence-corrected chi connectivity index (χ3v) is 9.35. The number of fused-ring (bicyclic) bond motifs is 1. The second-order valence-electron chi connectivity index (χ2n) is 8.51. The minimum Gasteiger partial charge on any atom is -0.465 e. The van der Waals surface area contributed by atoms with Crippen molar-refractivity contribution < 1.29 is 18.6 Å². The lowest BCUT2D eigenvalue weighted by atomic mass is 10.1. The summed E-state index contributed by atoms with van der Waals surface area (Å²) in [6.07, 6.45) is 3.58. The molecule has 0 amide bonds. The summed E-state index contributed by atoms with van der Waals surface area (Å²) in [5.74, 6) is -0.518. The van der Waals surface area contributed by atoms with Crippen molar-refractivity contribution in [3.05, 3.63) is 89.1 Å². The summed E-state index contributed by atoms with van der Waals surface area (Å²) in [6.45, 7) is 3.86. The Labute approximate surface area is 218 Å². The van der Waals surface area contributed by atoms with E-state index in [1.165, 1.54) is 25.6 Å². The van der Waals surface area contributed by atoms with Crippen LogP contribution in [0.4, 0.5) is 5.69 Å². The van der Waals surface area contributed by atoms with Gasteiger partial charge < -0.3 is 14.3 Å². The molecule has 0 fully saturated rings. The summed E-state index contributed by atoms with van der Waals surface area (Å²) in [7, 11) is -0.799. The van der Waals surface area contributed by atoms with E-state index in [0.717, 1.165) is 38.5 Å². The van der Waals surface area contributed by atoms with Gasteiger partial charge in [-0.3, -0.25) is 4.57 Å². The van der Waals surface area contributed by atoms with Gasteiger partial charge in [0.05, 0.1) is 23.8 Å². The minimum atomic E-state index is -3.52. The number of nitrogens with zero attached hydrogens (tertiary/aromatic N) is 3. The van der Waals surface area contributed by atoms with E-state index in [9.17, 15) is 9.36 Å². The fourth-order valence-corrected chi connectivity index (χ4v) is 6.95. The first-order valence-electron chi connectivity index (χ1n) is 11.5. The van der Waals surface area contributed by atoms with Crippen LogP contribution in [-0.4, -0.2) is 34.8 Å². The third kappa shape index (κ3) is 4.81. The number of anilines is 1. The molecular formula is C27H25N4O4PS. The lowest BCUT2D eigenvalue weighted by Crippen LogP contribution is -2.17. The predicted octanol–water partition coefficient (Wildman–Crippen LogP) is 6.11. The maximum absolute atomic E-state index is 13.9. The molecule has 8 nitrogen and oxygen atoms in total. The van der Waals surface area contributed by atoms with Crippen molar-refractivity contribution in [2.75, 3.05) is 19.3 Å². The highest BCUT2D eigenvalue weighted by Crippen LogP contribution is 2.49. The Hall–Kier alpha value is -3.78. The topological polar surface area (TPSA) is 94.8 Å². The quantitative estimate of drug-likeness (QED) is 0.200. The summed E-state index contributed by atoms with van der Waals surface area (Å²) in [4.78, 5) is 18.1. The Morgan fingerprint density at radius 2 is 1.78 bits per heavy atom. The van der Waals surface area contributed by atoms with Gasteiger partial charge in [-0.25, -0.2) is 14.3 Å². The first-order chi connectivity index (χ1) is 17.8. The van der Waals surface area contributed by atoms with Gasteiger partial charge in [-0.05, 0) is 43.2 Å². The SMILES string of the molecule is COC(=O)c1sc(-c2ccc(-c3cc4ncccn4n3)cc2)cc1NP(=O)(OC)c1ccc(C)cc1C. The van der Waals surface area contributed by atoms with Crippen LogP contribution in [0.15, 0.2) is 73.1 Å². The second kappa shape index (κ2) is 9.94. The molecule has 37 heavy (non-hydrogen) atoms. The van der Waals surface area contributed by atoms with E-state index in [1.54, 1.807) is 22.8 Å². The summed E-state index contributed by atoms with van der Waals surface area (Å²) in [6, 6.07) is 19.0. The molecule has 0 saturated heterocycles. The number of methoxy groups -OCH3 is 1. The number of carbonyl (C=O) groups is 1. The van der Waals surface area contributed by atoms with Crippen molar-refractivity contribution in [2.24, 2.45) is 0 Å². The molecule has 0 aliphatic rings. The number of aromatic nitrogens is 3. The Morgan fingerprint density at radius 1 is 1.03 bits per heavy atom. The van der Waals surface area contributed by atoms with Crippen LogP contribution in [0.5, 0.6) is 0 Å². The zero-order valence-electron chi connectivity index (χ0n) is 20.8. The molecule has 0 saturated carbocycles. The first-order valence-corrected chi connectivity index (χ1v) is 13.9. The largest absolute Gasteiger partial charge is 0.465 e. The molecule has 1 unspecified atom stereocenters. The molecule has 10 heteroatoms. The predicted molar refractivity (Wildman–Crippen MR) is 147 cm³/mol. The fourth-order valence-electron chi connectivity index (χ4n) is 4.14. The average molecular weight is 533 g/mol. The Balaban J connectivity index is 1.49. The number of hydrogen-bond donors (Lipinski definition) is 1. The van der Waals surface area contributed by atoms with E-state index < -0.39 is 13.5 Å². The molecule has 3 heterocycles. The second-order valence-corrected chi connectivity index (χ2v) is 11.7. The zero-order valence-corrected chi connectivity index (χ0v) is 22.5. The van der Waals surface area contributed by atoms with Gasteiger partial charge in [0.1, 0.15) is 4.88 Å². The molecule has 0 bridgehead atoms. The number of aryl methyl sites for hydroxylation is 2. The smallest absolute Gasteiger partial charge is 0.350 e. The van der Waals surface area contributed by atoms with E-state index in [2.05, 4.69) is 15.2 Å². The molecule has 1 atom stereocenters. The fraction of sp³-hybridized carbons (Fsp3) is 0.148. The maximum Gasteiger partial charge on any atom is 0.350 e. The molecule has 5 aromatic rings. The van der Waals surface area contributed by atoms with Crippen molar-refractivity contribution in [3.63, 3.8) is 0 Å². The van der Waals surface area contributed by atoms with Crippen LogP contribution in [0, 0.1) is 13.8 Å². The number of thiophene rings is 1. The van der Waals surface area contributed by atoms with Crippen molar-refractivity contribution in [1.29, 1.82) is 0 Å². The number of carbonyl (C=O) groups excluding carboxylic acids is 1. The number of esters is 1. The van der Waals surface area contributed by atoms with E-state index in [0.29, 0.717) is 15.9 Å². The van der Waals surface area contributed by atoms with E-state index in [1.807, 2.05) is 68.6 Å². The van der Waals surface area contributed by atoms with Crippen molar-refractivity contribution in [3.8, 4) is 21.7 Å². The molecule has 0 spiro atoms. The number of rotatable bonds is 7. The summed E-state index contributed by atoms with van der Waals surface area (Å²) < 4.78 is 26.1. The molecule has 1 N–H and O–H groups in total. The number of ether oxygens (including phenoxy) is 1. The third-order valence-electron chi connectivity index (χ3n) is 6.00. The van der Waals surface area contributed by atoms with Crippen LogP contribution in [0.1, 0.15) is 20.8 Å². The highest BCUT2D eigenvalue weighted by molar-refractivity contribution is 7.68. The van der Waals surface area contributed by atoms with Crippen LogP contribution in [0.3, 0.4) is 0 Å². The lowest BCUT2D eigenvalue weighted by Gasteiger charge is -2.20. The molecule has 0 aliphatic heterocycles. The monoisotopic (exact) mass is 532 g/mol. The highest BCUT2D eigenvalue weighted by Gasteiger charge is 2.30. The van der Waals surface area contributed by atoms with Crippen LogP contribution >= 0.6 is 18.9 Å². The van der Waals surface area contributed by atoms with Crippen LogP contribution < -0.4 is 10.4 Å². The van der Waals surface area contributed by atoms with Gasteiger partial charge in [0.15, 0.2) is 5.65 Å². The molecule has 0 radical (unpaired) electrons. The molecule has 0 aliphatic carbocycles. The van der Waals surface area contributed by atoms with Crippen LogP contribution in [0.2, 0.25) is 0 Å². The van der Waals surface area contributed by atoms with Crippen molar-refractivity contribution in [2.45, 2.75) is 13.8 Å². The Kier molecular flexibility index (Phi) is 6.69.